The maximum absolute atomic E-state index is 12.1. The Bertz CT molecular complexity index is 1100. The molecule has 29 heavy (non-hydrogen) atoms. The summed E-state index contributed by atoms with van der Waals surface area (Å²) in [5, 5.41) is 1.91. The number of ether oxygens (including phenoxy) is 3. The molecule has 2 aromatic carbocycles. The number of methoxy groups -OCH3 is 1. The van der Waals surface area contributed by atoms with Gasteiger partial charge in [0.15, 0.2) is 17.2 Å². The summed E-state index contributed by atoms with van der Waals surface area (Å²) in [5.41, 5.74) is 3.31. The smallest absolute Gasteiger partial charge is 0.363 e. The summed E-state index contributed by atoms with van der Waals surface area (Å²) >= 11 is 1.47. The zero-order valence-corrected chi connectivity index (χ0v) is 16.9. The van der Waals surface area contributed by atoms with E-state index in [-0.39, 0.29) is 5.70 Å². The summed E-state index contributed by atoms with van der Waals surface area (Å²) in [5.74, 6) is 1.09. The van der Waals surface area contributed by atoms with E-state index in [9.17, 15) is 4.79 Å². The summed E-state index contributed by atoms with van der Waals surface area (Å²) in [4.78, 5) is 17.3. The van der Waals surface area contributed by atoms with Crippen molar-refractivity contribution in [3.8, 4) is 11.5 Å². The second-order valence-electron chi connectivity index (χ2n) is 6.44. The van der Waals surface area contributed by atoms with Crippen molar-refractivity contribution in [3.05, 3.63) is 87.2 Å². The van der Waals surface area contributed by atoms with Crippen LogP contribution in [0.15, 0.2) is 70.7 Å². The van der Waals surface area contributed by atoms with Crippen LogP contribution in [0.25, 0.3) is 6.08 Å². The van der Waals surface area contributed by atoms with Crippen LogP contribution in [-0.2, 0) is 16.1 Å². The maximum atomic E-state index is 12.1. The molecule has 1 aliphatic heterocycles. The van der Waals surface area contributed by atoms with E-state index in [1.807, 2.05) is 53.9 Å². The van der Waals surface area contributed by atoms with Gasteiger partial charge in [0.2, 0.25) is 5.90 Å². The summed E-state index contributed by atoms with van der Waals surface area (Å²) in [6.45, 7) is 2.50. The Kier molecular flexibility index (Phi) is 5.44. The molecule has 2 heterocycles. The Morgan fingerprint density at radius 2 is 1.97 bits per heavy atom. The van der Waals surface area contributed by atoms with Crippen molar-refractivity contribution >= 4 is 29.3 Å². The standard InChI is InChI=1S/C23H19NO4S/c1-15-6-3-4-7-17(15)14-27-19-10-9-16(13-20(19)26-2)12-18-23(25)28-22(24-18)21-8-5-11-29-21/h3-13H,14H2,1-2H3/b18-12-. The van der Waals surface area contributed by atoms with Crippen LogP contribution in [0, 0.1) is 6.92 Å². The molecular weight excluding hydrogens is 386 g/mol. The average Bonchev–Trinajstić information content (AvgIpc) is 3.38. The molecule has 146 valence electrons. The molecule has 5 nitrogen and oxygen atoms in total. The van der Waals surface area contributed by atoms with E-state index in [1.54, 1.807) is 13.2 Å². The fraction of sp³-hybridized carbons (Fsp3) is 0.130. The van der Waals surface area contributed by atoms with E-state index in [1.165, 1.54) is 16.9 Å². The van der Waals surface area contributed by atoms with Crippen LogP contribution in [0.4, 0.5) is 0 Å². The van der Waals surface area contributed by atoms with Crippen molar-refractivity contribution < 1.29 is 19.0 Å². The quantitative estimate of drug-likeness (QED) is 0.428. The molecule has 0 atom stereocenters. The van der Waals surface area contributed by atoms with E-state index >= 15 is 0 Å². The molecule has 0 amide bonds. The van der Waals surface area contributed by atoms with Gasteiger partial charge in [0.05, 0.1) is 12.0 Å². The van der Waals surface area contributed by atoms with Crippen LogP contribution in [-0.4, -0.2) is 19.0 Å². The molecule has 0 spiro atoms. The number of rotatable bonds is 6. The minimum Gasteiger partial charge on any atom is -0.493 e. The van der Waals surface area contributed by atoms with Crippen molar-refractivity contribution in [2.75, 3.05) is 7.11 Å². The van der Waals surface area contributed by atoms with Crippen LogP contribution in [0.3, 0.4) is 0 Å². The Balaban J connectivity index is 1.54. The predicted molar refractivity (Wildman–Crippen MR) is 113 cm³/mol. The van der Waals surface area contributed by atoms with E-state index in [0.29, 0.717) is 24.0 Å². The lowest BCUT2D eigenvalue weighted by molar-refractivity contribution is -0.129. The first-order valence-corrected chi connectivity index (χ1v) is 9.94. The highest BCUT2D eigenvalue weighted by atomic mass is 32.1. The zero-order chi connectivity index (χ0) is 20.2. The second kappa shape index (κ2) is 8.32. The van der Waals surface area contributed by atoms with Crippen molar-refractivity contribution in [1.29, 1.82) is 0 Å². The number of nitrogens with zero attached hydrogens (tertiary/aromatic N) is 1. The Morgan fingerprint density at radius 1 is 1.10 bits per heavy atom. The number of cyclic esters (lactones) is 1. The third kappa shape index (κ3) is 4.22. The molecular formula is C23H19NO4S. The molecule has 0 bridgehead atoms. The van der Waals surface area contributed by atoms with Gasteiger partial charge in [-0.3, -0.25) is 0 Å². The van der Waals surface area contributed by atoms with Gasteiger partial charge in [-0.2, -0.15) is 0 Å². The maximum Gasteiger partial charge on any atom is 0.363 e. The molecule has 0 saturated carbocycles. The van der Waals surface area contributed by atoms with Crippen molar-refractivity contribution in [1.82, 2.24) is 0 Å². The molecule has 0 aliphatic carbocycles. The topological polar surface area (TPSA) is 57.1 Å². The van der Waals surface area contributed by atoms with Crippen LogP contribution in [0.2, 0.25) is 0 Å². The zero-order valence-electron chi connectivity index (χ0n) is 16.0. The van der Waals surface area contributed by atoms with Gasteiger partial charge in [-0.1, -0.05) is 36.4 Å². The Morgan fingerprint density at radius 3 is 2.72 bits per heavy atom. The molecule has 3 aromatic rings. The number of aliphatic imine (C=N–C) groups is 1. The molecule has 0 N–H and O–H groups in total. The fourth-order valence-electron chi connectivity index (χ4n) is 2.89. The van der Waals surface area contributed by atoms with Gasteiger partial charge >= 0.3 is 5.97 Å². The van der Waals surface area contributed by atoms with Gasteiger partial charge < -0.3 is 14.2 Å². The van der Waals surface area contributed by atoms with Gasteiger partial charge in [0.25, 0.3) is 0 Å². The highest BCUT2D eigenvalue weighted by Gasteiger charge is 2.24. The van der Waals surface area contributed by atoms with Crippen LogP contribution < -0.4 is 9.47 Å². The molecule has 0 fully saturated rings. The van der Waals surface area contributed by atoms with Crippen molar-refractivity contribution in [2.24, 2.45) is 4.99 Å². The molecule has 1 aromatic heterocycles. The fourth-order valence-corrected chi connectivity index (χ4v) is 3.54. The number of esters is 1. The SMILES string of the molecule is COc1cc(/C=C2\N=C(c3cccs3)OC2=O)ccc1OCc1ccccc1C. The Labute approximate surface area is 172 Å². The van der Waals surface area contributed by atoms with Gasteiger partial charge in [-0.05, 0) is 53.3 Å². The van der Waals surface area contributed by atoms with Gasteiger partial charge in [0.1, 0.15) is 6.61 Å². The van der Waals surface area contributed by atoms with Gasteiger partial charge in [-0.15, -0.1) is 11.3 Å². The van der Waals surface area contributed by atoms with E-state index in [4.69, 9.17) is 14.2 Å². The number of carbonyl (C=O) groups excluding carboxylic acids is 1. The average molecular weight is 405 g/mol. The molecule has 1 aliphatic rings. The minimum absolute atomic E-state index is 0.254. The van der Waals surface area contributed by atoms with Crippen molar-refractivity contribution in [3.63, 3.8) is 0 Å². The first-order valence-electron chi connectivity index (χ1n) is 9.06. The first kappa shape index (κ1) is 19.0. The highest BCUT2D eigenvalue weighted by molar-refractivity contribution is 7.12. The molecule has 4 rings (SSSR count). The van der Waals surface area contributed by atoms with Crippen LogP contribution in [0.1, 0.15) is 21.6 Å². The highest BCUT2D eigenvalue weighted by Crippen LogP contribution is 2.31. The number of carbonyl (C=O) groups is 1. The summed E-state index contributed by atoms with van der Waals surface area (Å²) in [7, 11) is 1.59. The predicted octanol–water partition coefficient (Wildman–Crippen LogP) is 4.99. The molecule has 0 unspecified atom stereocenters. The van der Waals surface area contributed by atoms with Crippen LogP contribution >= 0.6 is 11.3 Å². The lowest BCUT2D eigenvalue weighted by Gasteiger charge is -2.12. The third-order valence-corrected chi connectivity index (χ3v) is 5.35. The summed E-state index contributed by atoms with van der Waals surface area (Å²) in [6, 6.07) is 17.3. The number of hydrogen-bond donors (Lipinski definition) is 0. The number of thiophene rings is 1. The number of benzene rings is 2. The first-order chi connectivity index (χ1) is 14.1. The molecule has 0 radical (unpaired) electrons. The van der Waals surface area contributed by atoms with E-state index in [0.717, 1.165) is 16.0 Å². The van der Waals surface area contributed by atoms with Gasteiger partial charge in [0, 0.05) is 0 Å². The Hall–Kier alpha value is -3.38. The summed E-state index contributed by atoms with van der Waals surface area (Å²) < 4.78 is 16.7. The number of aryl methyl sites for hydroxylation is 1. The lowest BCUT2D eigenvalue weighted by atomic mass is 10.1. The largest absolute Gasteiger partial charge is 0.493 e. The lowest BCUT2D eigenvalue weighted by Crippen LogP contribution is -2.03. The molecule has 0 saturated heterocycles. The van der Waals surface area contributed by atoms with E-state index < -0.39 is 5.97 Å². The van der Waals surface area contributed by atoms with Gasteiger partial charge in [-0.25, -0.2) is 9.79 Å². The van der Waals surface area contributed by atoms with E-state index in [2.05, 4.69) is 18.0 Å². The number of hydrogen-bond acceptors (Lipinski definition) is 6. The minimum atomic E-state index is -0.466. The van der Waals surface area contributed by atoms with Crippen LogP contribution in [0.5, 0.6) is 11.5 Å². The third-order valence-electron chi connectivity index (χ3n) is 4.49. The monoisotopic (exact) mass is 405 g/mol. The summed E-state index contributed by atoms with van der Waals surface area (Å²) in [6.07, 6.45) is 1.68. The normalized spacial score (nSPS) is 14.6. The molecule has 6 heteroatoms. The van der Waals surface area contributed by atoms with Crippen molar-refractivity contribution in [2.45, 2.75) is 13.5 Å². The second-order valence-corrected chi connectivity index (χ2v) is 7.39.